The molecular weight excluding hydrogens is 346 g/mol. The minimum atomic E-state index is -0.0114. The van der Waals surface area contributed by atoms with Gasteiger partial charge in [-0.2, -0.15) is 4.98 Å². The predicted octanol–water partition coefficient (Wildman–Crippen LogP) is 3.29. The van der Waals surface area contributed by atoms with E-state index in [1.54, 1.807) is 0 Å². The summed E-state index contributed by atoms with van der Waals surface area (Å²) in [4.78, 5) is 18.7. The Balaban J connectivity index is 1.46. The summed E-state index contributed by atoms with van der Waals surface area (Å²) in [7, 11) is 0. The third kappa shape index (κ3) is 3.77. The summed E-state index contributed by atoms with van der Waals surface area (Å²) >= 11 is 0. The number of hydrogen-bond donors (Lipinski definition) is 0. The third-order valence-electron chi connectivity index (χ3n) is 5.26. The molecule has 4 rings (SSSR count). The van der Waals surface area contributed by atoms with Crippen LogP contribution in [0.3, 0.4) is 0 Å². The number of fused-ring (bicyclic) bond motifs is 1. The lowest BCUT2D eigenvalue weighted by Crippen LogP contribution is -2.45. The van der Waals surface area contributed by atoms with E-state index in [1.165, 1.54) is 5.56 Å². The lowest BCUT2D eigenvalue weighted by Gasteiger charge is -2.40. The zero-order valence-electron chi connectivity index (χ0n) is 16.0. The van der Waals surface area contributed by atoms with Crippen LogP contribution in [0, 0.1) is 5.41 Å². The first-order chi connectivity index (χ1) is 12.9. The monoisotopic (exact) mass is 371 g/mol. The van der Waals surface area contributed by atoms with Crippen molar-refractivity contribution >= 4 is 5.91 Å². The standard InChI is InChI=1S/C20H25N3O4/c1-13(2)19-21-17(27-22-19)10-23-11-20(3,7-6-18(23)24)9-14-4-5-15-16(8-14)26-12-25-15/h4-5,8,13H,6-7,9-12H2,1-3H3. The molecule has 144 valence electrons. The summed E-state index contributed by atoms with van der Waals surface area (Å²) < 4.78 is 16.2. The van der Waals surface area contributed by atoms with Gasteiger partial charge in [-0.25, -0.2) is 0 Å². The lowest BCUT2D eigenvalue weighted by molar-refractivity contribution is -0.138. The molecule has 1 amide bonds. The Morgan fingerprint density at radius 1 is 1.26 bits per heavy atom. The molecule has 0 bridgehead atoms. The van der Waals surface area contributed by atoms with Gasteiger partial charge in [0.25, 0.3) is 0 Å². The van der Waals surface area contributed by atoms with Crippen LogP contribution >= 0.6 is 0 Å². The maximum atomic E-state index is 12.4. The highest BCUT2D eigenvalue weighted by Gasteiger charge is 2.36. The van der Waals surface area contributed by atoms with Gasteiger partial charge in [0.2, 0.25) is 18.6 Å². The number of rotatable bonds is 5. The Labute approximate surface area is 158 Å². The van der Waals surface area contributed by atoms with Crippen LogP contribution in [0.5, 0.6) is 11.5 Å². The number of piperidine rings is 1. The first kappa shape index (κ1) is 17.8. The van der Waals surface area contributed by atoms with Gasteiger partial charge in [-0.1, -0.05) is 32.0 Å². The Hall–Kier alpha value is -2.57. The highest BCUT2D eigenvalue weighted by atomic mass is 16.7. The fourth-order valence-corrected chi connectivity index (χ4v) is 3.76. The van der Waals surface area contributed by atoms with Gasteiger partial charge in [0.05, 0.1) is 6.54 Å². The van der Waals surface area contributed by atoms with Crippen LogP contribution in [0.15, 0.2) is 22.7 Å². The molecule has 0 aliphatic carbocycles. The van der Waals surface area contributed by atoms with Gasteiger partial charge in [0.1, 0.15) is 0 Å². The summed E-state index contributed by atoms with van der Waals surface area (Å²) in [6, 6.07) is 6.08. The second-order valence-electron chi connectivity index (χ2n) is 8.13. The summed E-state index contributed by atoms with van der Waals surface area (Å²) in [5.41, 5.74) is 1.18. The molecule has 0 spiro atoms. The molecule has 1 fully saturated rings. The van der Waals surface area contributed by atoms with Gasteiger partial charge in [-0.15, -0.1) is 0 Å². The van der Waals surface area contributed by atoms with E-state index >= 15 is 0 Å². The van der Waals surface area contributed by atoms with E-state index in [-0.39, 0.29) is 24.0 Å². The normalized spacial score (nSPS) is 21.9. The van der Waals surface area contributed by atoms with Crippen LogP contribution in [0.2, 0.25) is 0 Å². The van der Waals surface area contributed by atoms with E-state index in [1.807, 2.05) is 30.9 Å². The molecule has 1 atom stereocenters. The quantitative estimate of drug-likeness (QED) is 0.803. The maximum Gasteiger partial charge on any atom is 0.246 e. The number of carbonyl (C=O) groups excluding carboxylic acids is 1. The lowest BCUT2D eigenvalue weighted by atomic mass is 9.76. The summed E-state index contributed by atoms with van der Waals surface area (Å²) in [5.74, 6) is 3.11. The van der Waals surface area contributed by atoms with Gasteiger partial charge in [-0.05, 0) is 36.0 Å². The zero-order valence-corrected chi connectivity index (χ0v) is 16.0. The molecule has 0 N–H and O–H groups in total. The molecule has 1 aromatic heterocycles. The van der Waals surface area contributed by atoms with Crippen LogP contribution in [0.4, 0.5) is 0 Å². The molecule has 7 heteroatoms. The molecule has 3 heterocycles. The number of benzene rings is 1. The van der Waals surface area contributed by atoms with E-state index in [2.05, 4.69) is 23.1 Å². The molecule has 2 aliphatic heterocycles. The first-order valence-corrected chi connectivity index (χ1v) is 9.41. The molecule has 0 saturated carbocycles. The Bertz CT molecular complexity index is 848. The van der Waals surface area contributed by atoms with Gasteiger partial charge >= 0.3 is 0 Å². The minimum absolute atomic E-state index is 0.0114. The van der Waals surface area contributed by atoms with Crippen molar-refractivity contribution in [3.8, 4) is 11.5 Å². The smallest absolute Gasteiger partial charge is 0.246 e. The highest BCUT2D eigenvalue weighted by Crippen LogP contribution is 2.38. The fraction of sp³-hybridized carbons (Fsp3) is 0.550. The van der Waals surface area contributed by atoms with Crippen molar-refractivity contribution in [1.82, 2.24) is 15.0 Å². The molecule has 2 aliphatic rings. The largest absolute Gasteiger partial charge is 0.454 e. The molecule has 1 aromatic carbocycles. The van der Waals surface area contributed by atoms with Crippen molar-refractivity contribution in [2.24, 2.45) is 5.41 Å². The number of carbonyl (C=O) groups is 1. The average molecular weight is 371 g/mol. The van der Waals surface area contributed by atoms with Crippen molar-refractivity contribution in [2.75, 3.05) is 13.3 Å². The summed E-state index contributed by atoms with van der Waals surface area (Å²) in [6.45, 7) is 7.58. The molecule has 2 aromatic rings. The summed E-state index contributed by atoms with van der Waals surface area (Å²) in [5, 5.41) is 3.99. The minimum Gasteiger partial charge on any atom is -0.454 e. The van der Waals surface area contributed by atoms with E-state index in [0.717, 1.165) is 24.3 Å². The van der Waals surface area contributed by atoms with Crippen molar-refractivity contribution in [3.63, 3.8) is 0 Å². The SMILES string of the molecule is CC(C)c1noc(CN2CC(C)(Cc3ccc4c(c3)OCO4)CCC2=O)n1. The Kier molecular flexibility index (Phi) is 4.53. The van der Waals surface area contributed by atoms with Crippen molar-refractivity contribution in [2.45, 2.75) is 52.5 Å². The van der Waals surface area contributed by atoms with Gasteiger partial charge in [0, 0.05) is 18.9 Å². The first-order valence-electron chi connectivity index (χ1n) is 9.41. The number of likely N-dealkylation sites (tertiary alicyclic amines) is 1. The fourth-order valence-electron chi connectivity index (χ4n) is 3.76. The highest BCUT2D eigenvalue weighted by molar-refractivity contribution is 5.77. The number of hydrogen-bond acceptors (Lipinski definition) is 6. The summed E-state index contributed by atoms with van der Waals surface area (Å²) in [6.07, 6.45) is 2.26. The van der Waals surface area contributed by atoms with Crippen molar-refractivity contribution in [1.29, 1.82) is 0 Å². The molecule has 7 nitrogen and oxygen atoms in total. The number of ether oxygens (including phenoxy) is 2. The predicted molar refractivity (Wildman–Crippen MR) is 97.4 cm³/mol. The van der Waals surface area contributed by atoms with Gasteiger partial charge < -0.3 is 18.9 Å². The number of nitrogens with zero attached hydrogens (tertiary/aromatic N) is 3. The van der Waals surface area contributed by atoms with E-state index < -0.39 is 0 Å². The van der Waals surface area contributed by atoms with Crippen molar-refractivity contribution in [3.05, 3.63) is 35.5 Å². The van der Waals surface area contributed by atoms with Crippen molar-refractivity contribution < 1.29 is 18.8 Å². The average Bonchev–Trinajstić information content (AvgIpc) is 3.27. The van der Waals surface area contributed by atoms with Crippen LogP contribution in [0.25, 0.3) is 0 Å². The van der Waals surface area contributed by atoms with Gasteiger partial charge in [-0.3, -0.25) is 4.79 Å². The van der Waals surface area contributed by atoms with Crippen LogP contribution in [-0.4, -0.2) is 34.3 Å². The van der Waals surface area contributed by atoms with E-state index in [0.29, 0.717) is 31.2 Å². The zero-order chi connectivity index (χ0) is 19.0. The molecule has 0 radical (unpaired) electrons. The third-order valence-corrected chi connectivity index (χ3v) is 5.26. The number of aromatic nitrogens is 2. The maximum absolute atomic E-state index is 12.4. The van der Waals surface area contributed by atoms with Gasteiger partial charge in [0.15, 0.2) is 17.3 Å². The molecule has 1 saturated heterocycles. The topological polar surface area (TPSA) is 77.7 Å². The van der Waals surface area contributed by atoms with E-state index in [4.69, 9.17) is 14.0 Å². The van der Waals surface area contributed by atoms with E-state index in [9.17, 15) is 4.79 Å². The van der Waals surface area contributed by atoms with Crippen LogP contribution < -0.4 is 9.47 Å². The second-order valence-corrected chi connectivity index (χ2v) is 8.13. The Morgan fingerprint density at radius 2 is 2.07 bits per heavy atom. The Morgan fingerprint density at radius 3 is 2.85 bits per heavy atom. The number of amides is 1. The van der Waals surface area contributed by atoms with Crippen LogP contribution in [0.1, 0.15) is 56.8 Å². The van der Waals surface area contributed by atoms with Crippen LogP contribution in [-0.2, 0) is 17.8 Å². The molecular formula is C20H25N3O4. The second kappa shape index (κ2) is 6.87. The molecule has 27 heavy (non-hydrogen) atoms. The molecule has 1 unspecified atom stereocenters.